The molecule has 11 heavy (non-hydrogen) atoms. The van der Waals surface area contributed by atoms with E-state index >= 15 is 0 Å². The predicted molar refractivity (Wildman–Crippen MR) is 33.2 cm³/mol. The quantitative estimate of drug-likeness (QED) is 0.588. The summed E-state index contributed by atoms with van der Waals surface area (Å²) < 4.78 is 36.0. The van der Waals surface area contributed by atoms with Crippen molar-refractivity contribution in [3.63, 3.8) is 0 Å². The van der Waals surface area contributed by atoms with Gasteiger partial charge >= 0.3 is 6.18 Å². The molecule has 0 heterocycles. The molecule has 1 aliphatic carbocycles. The van der Waals surface area contributed by atoms with E-state index in [2.05, 4.69) is 0 Å². The standard InChI is InChI=1S/C7H10F3O/c8-7(9,10)5-2-1-3-6(11)4-5/h5,11H,1-4H2. The Morgan fingerprint density at radius 2 is 2.00 bits per heavy atom. The molecule has 0 saturated heterocycles. The summed E-state index contributed by atoms with van der Waals surface area (Å²) in [7, 11) is 0. The zero-order valence-electron chi connectivity index (χ0n) is 5.99. The highest BCUT2D eigenvalue weighted by molar-refractivity contribution is 4.87. The summed E-state index contributed by atoms with van der Waals surface area (Å²) >= 11 is 0. The Labute approximate surface area is 63.2 Å². The summed E-state index contributed by atoms with van der Waals surface area (Å²) in [4.78, 5) is 0. The molecule has 65 valence electrons. The van der Waals surface area contributed by atoms with Crippen molar-refractivity contribution >= 4 is 0 Å². The molecule has 0 aromatic rings. The van der Waals surface area contributed by atoms with Gasteiger partial charge in [-0.3, -0.25) is 0 Å². The van der Waals surface area contributed by atoms with Gasteiger partial charge in [0, 0.05) is 0 Å². The fourth-order valence-corrected chi connectivity index (χ4v) is 1.32. The summed E-state index contributed by atoms with van der Waals surface area (Å²) in [6.07, 6.45) is -3.27. The predicted octanol–water partition coefficient (Wildman–Crippen LogP) is 2.64. The van der Waals surface area contributed by atoms with Gasteiger partial charge in [0.05, 0.1) is 12.0 Å². The van der Waals surface area contributed by atoms with E-state index in [0.717, 1.165) is 0 Å². The number of alkyl halides is 3. The lowest BCUT2D eigenvalue weighted by Gasteiger charge is -2.26. The van der Waals surface area contributed by atoms with Crippen LogP contribution >= 0.6 is 0 Å². The molecule has 0 aromatic heterocycles. The lowest BCUT2D eigenvalue weighted by molar-refractivity contribution is -0.183. The molecule has 0 aromatic carbocycles. The third kappa shape index (κ3) is 2.36. The smallest absolute Gasteiger partial charge is 0.387 e. The van der Waals surface area contributed by atoms with Crippen molar-refractivity contribution in [3.8, 4) is 0 Å². The molecule has 1 radical (unpaired) electrons. The van der Waals surface area contributed by atoms with E-state index in [4.69, 9.17) is 5.11 Å². The first kappa shape index (κ1) is 8.84. The molecule has 0 aliphatic heterocycles. The van der Waals surface area contributed by atoms with Crippen molar-refractivity contribution in [2.75, 3.05) is 0 Å². The number of hydrogen-bond donors (Lipinski definition) is 1. The van der Waals surface area contributed by atoms with Gasteiger partial charge < -0.3 is 5.11 Å². The van der Waals surface area contributed by atoms with E-state index in [1.807, 2.05) is 0 Å². The van der Waals surface area contributed by atoms with Crippen LogP contribution in [0.3, 0.4) is 0 Å². The maximum atomic E-state index is 12.0. The Morgan fingerprint density at radius 3 is 2.36 bits per heavy atom. The second-order valence-electron chi connectivity index (χ2n) is 2.90. The van der Waals surface area contributed by atoms with Crippen LogP contribution in [0.5, 0.6) is 0 Å². The minimum Gasteiger partial charge on any atom is -0.387 e. The van der Waals surface area contributed by atoms with Crippen molar-refractivity contribution < 1.29 is 18.3 Å². The minimum absolute atomic E-state index is 0.00132. The number of rotatable bonds is 0. The van der Waals surface area contributed by atoms with Gasteiger partial charge in [-0.1, -0.05) is 0 Å². The third-order valence-electron chi connectivity index (χ3n) is 1.96. The molecule has 1 aliphatic rings. The molecule has 1 nitrogen and oxygen atoms in total. The second-order valence-corrected chi connectivity index (χ2v) is 2.90. The summed E-state index contributed by atoms with van der Waals surface area (Å²) in [5, 5.41) is 8.86. The Kier molecular flexibility index (Phi) is 2.42. The largest absolute Gasteiger partial charge is 0.391 e. The van der Waals surface area contributed by atoms with Crippen LogP contribution in [0.1, 0.15) is 25.7 Å². The molecular formula is C7H10F3O. The summed E-state index contributed by atoms with van der Waals surface area (Å²) in [5.41, 5.74) is 0. The summed E-state index contributed by atoms with van der Waals surface area (Å²) in [6, 6.07) is 0. The van der Waals surface area contributed by atoms with E-state index in [-0.39, 0.29) is 18.9 Å². The van der Waals surface area contributed by atoms with Gasteiger partial charge in [-0.25, -0.2) is 0 Å². The minimum atomic E-state index is -4.13. The van der Waals surface area contributed by atoms with Crippen LogP contribution in [0.2, 0.25) is 0 Å². The van der Waals surface area contributed by atoms with Gasteiger partial charge in [-0.15, -0.1) is 0 Å². The van der Waals surface area contributed by atoms with Crippen LogP contribution < -0.4 is 0 Å². The Morgan fingerprint density at radius 1 is 1.36 bits per heavy atom. The van der Waals surface area contributed by atoms with Crippen LogP contribution in [0.25, 0.3) is 0 Å². The molecule has 1 rings (SSSR count). The van der Waals surface area contributed by atoms with E-state index < -0.39 is 12.1 Å². The molecule has 0 amide bonds. The second kappa shape index (κ2) is 3.01. The molecule has 1 saturated carbocycles. The zero-order valence-corrected chi connectivity index (χ0v) is 5.99. The molecular weight excluding hydrogens is 157 g/mol. The van der Waals surface area contributed by atoms with Crippen molar-refractivity contribution in [2.45, 2.75) is 31.9 Å². The third-order valence-corrected chi connectivity index (χ3v) is 1.96. The van der Waals surface area contributed by atoms with Crippen LogP contribution in [-0.2, 0) is 0 Å². The molecule has 4 heteroatoms. The molecule has 1 fully saturated rings. The lowest BCUT2D eigenvalue weighted by Crippen LogP contribution is -2.27. The Bertz CT molecular complexity index is 132. The SMILES string of the molecule is O[C]1CCCC(C(F)(F)F)C1. The van der Waals surface area contributed by atoms with E-state index in [1.165, 1.54) is 0 Å². The fraction of sp³-hybridized carbons (Fsp3) is 0.857. The first-order chi connectivity index (χ1) is 5.00. The van der Waals surface area contributed by atoms with Crippen LogP contribution in [0, 0.1) is 12.0 Å². The lowest BCUT2D eigenvalue weighted by atomic mass is 9.87. The maximum absolute atomic E-state index is 12.0. The van der Waals surface area contributed by atoms with E-state index in [1.54, 1.807) is 0 Å². The van der Waals surface area contributed by atoms with E-state index in [0.29, 0.717) is 12.8 Å². The number of aliphatic hydroxyl groups is 1. The van der Waals surface area contributed by atoms with Gasteiger partial charge in [0.25, 0.3) is 0 Å². The van der Waals surface area contributed by atoms with Gasteiger partial charge in [0.1, 0.15) is 0 Å². The first-order valence-electron chi connectivity index (χ1n) is 3.60. The summed E-state index contributed by atoms with van der Waals surface area (Å²) in [6.45, 7) is 0. The van der Waals surface area contributed by atoms with Crippen molar-refractivity contribution in [1.29, 1.82) is 0 Å². The number of halogens is 3. The number of aliphatic hydroxyl groups excluding tert-OH is 1. The molecule has 0 spiro atoms. The number of hydrogen-bond acceptors (Lipinski definition) is 1. The van der Waals surface area contributed by atoms with Crippen molar-refractivity contribution in [2.24, 2.45) is 5.92 Å². The monoisotopic (exact) mass is 167 g/mol. The molecule has 1 unspecified atom stereocenters. The highest BCUT2D eigenvalue weighted by Crippen LogP contribution is 2.39. The van der Waals surface area contributed by atoms with Crippen molar-refractivity contribution in [1.82, 2.24) is 0 Å². The van der Waals surface area contributed by atoms with Crippen LogP contribution in [0.15, 0.2) is 0 Å². The van der Waals surface area contributed by atoms with E-state index in [9.17, 15) is 13.2 Å². The fourth-order valence-electron chi connectivity index (χ4n) is 1.32. The van der Waals surface area contributed by atoms with Crippen molar-refractivity contribution in [3.05, 3.63) is 6.10 Å². The van der Waals surface area contributed by atoms with Gasteiger partial charge in [-0.05, 0) is 25.7 Å². The summed E-state index contributed by atoms with van der Waals surface area (Å²) in [5.74, 6) is -1.31. The van der Waals surface area contributed by atoms with Crippen LogP contribution in [0.4, 0.5) is 13.2 Å². The van der Waals surface area contributed by atoms with Gasteiger partial charge in [0.15, 0.2) is 0 Å². The highest BCUT2D eigenvalue weighted by atomic mass is 19.4. The Balaban J connectivity index is 2.46. The zero-order chi connectivity index (χ0) is 8.48. The molecule has 1 atom stereocenters. The van der Waals surface area contributed by atoms with Gasteiger partial charge in [0.2, 0.25) is 0 Å². The Hall–Kier alpha value is -0.250. The molecule has 1 N–H and O–H groups in total. The average molecular weight is 167 g/mol. The van der Waals surface area contributed by atoms with Gasteiger partial charge in [-0.2, -0.15) is 13.2 Å². The highest BCUT2D eigenvalue weighted by Gasteiger charge is 2.41. The normalized spacial score (nSPS) is 28.9. The first-order valence-corrected chi connectivity index (χ1v) is 3.60. The molecule has 0 bridgehead atoms. The maximum Gasteiger partial charge on any atom is 0.391 e. The average Bonchev–Trinajstić information content (AvgIpc) is 1.86. The van der Waals surface area contributed by atoms with Crippen LogP contribution in [-0.4, -0.2) is 11.3 Å². The topological polar surface area (TPSA) is 20.2 Å².